The van der Waals surface area contributed by atoms with Crippen molar-refractivity contribution in [3.8, 4) is 0 Å². The molecule has 0 spiro atoms. The molecule has 1 N–H and O–H groups in total. The Hall–Kier alpha value is -0.750. The predicted molar refractivity (Wildman–Crippen MR) is 53.4 cm³/mol. The molecule has 2 aliphatic rings. The smallest absolute Gasteiger partial charge is 0.377 e. The summed E-state index contributed by atoms with van der Waals surface area (Å²) in [4.78, 5) is 12.9. The molecule has 0 amide bonds. The van der Waals surface area contributed by atoms with E-state index >= 15 is 0 Å². The molecule has 16 heavy (non-hydrogen) atoms. The maximum absolute atomic E-state index is 12.9. The van der Waals surface area contributed by atoms with Crippen molar-refractivity contribution >= 4 is 5.97 Å². The van der Waals surface area contributed by atoms with Gasteiger partial charge in [-0.25, -0.2) is 4.79 Å². The molecule has 2 heterocycles. The Labute approximate surface area is 92.9 Å². The Morgan fingerprint density at radius 2 is 2.25 bits per heavy atom. The number of hydrogen-bond acceptors (Lipinski definition) is 4. The van der Waals surface area contributed by atoms with Gasteiger partial charge in [-0.2, -0.15) is 8.78 Å². The first-order valence-electron chi connectivity index (χ1n) is 5.60. The highest BCUT2D eigenvalue weighted by atomic mass is 19.3. The van der Waals surface area contributed by atoms with E-state index in [0.29, 0.717) is 6.54 Å². The second kappa shape index (κ2) is 4.63. The Balaban J connectivity index is 1.84. The Kier molecular flexibility index (Phi) is 3.39. The number of alkyl halides is 2. The van der Waals surface area contributed by atoms with Crippen LogP contribution in [0.3, 0.4) is 0 Å². The van der Waals surface area contributed by atoms with Crippen LogP contribution in [0.25, 0.3) is 0 Å². The van der Waals surface area contributed by atoms with Gasteiger partial charge in [0.05, 0.1) is 6.42 Å². The van der Waals surface area contributed by atoms with Gasteiger partial charge in [0.1, 0.15) is 6.10 Å². The molecule has 0 aromatic rings. The summed E-state index contributed by atoms with van der Waals surface area (Å²) in [7, 11) is 0. The molecular formula is C10H16F2N2O2. The molecule has 0 radical (unpaired) electrons. The molecule has 0 aromatic carbocycles. The number of ether oxygens (including phenoxy) is 1. The molecule has 0 bridgehead atoms. The molecule has 2 fully saturated rings. The highest BCUT2D eigenvalue weighted by Gasteiger charge is 2.50. The van der Waals surface area contributed by atoms with Gasteiger partial charge in [-0.15, -0.1) is 0 Å². The summed E-state index contributed by atoms with van der Waals surface area (Å²) < 4.78 is 30.5. The van der Waals surface area contributed by atoms with Crippen LogP contribution in [0.2, 0.25) is 0 Å². The molecule has 2 saturated heterocycles. The molecule has 6 heteroatoms. The van der Waals surface area contributed by atoms with Crippen molar-refractivity contribution in [2.75, 3.05) is 32.7 Å². The Morgan fingerprint density at radius 1 is 1.44 bits per heavy atom. The lowest BCUT2D eigenvalue weighted by Crippen LogP contribution is -2.35. The summed E-state index contributed by atoms with van der Waals surface area (Å²) in [5.74, 6) is -4.65. The second-order valence-electron chi connectivity index (χ2n) is 4.34. The molecule has 4 nitrogen and oxygen atoms in total. The van der Waals surface area contributed by atoms with Crippen LogP contribution in [0.5, 0.6) is 0 Å². The summed E-state index contributed by atoms with van der Waals surface area (Å²) in [5.41, 5.74) is 0. The molecule has 1 atom stereocenters. The standard InChI is InChI=1S/C10H16F2N2O2/c11-10(12)6-8(16-9(10)15)7-14-4-1-2-13-3-5-14/h8,13H,1-7H2. The lowest BCUT2D eigenvalue weighted by atomic mass is 10.2. The number of nitrogens with one attached hydrogen (secondary N) is 1. The molecule has 92 valence electrons. The van der Waals surface area contributed by atoms with Crippen molar-refractivity contribution in [1.29, 1.82) is 0 Å². The second-order valence-corrected chi connectivity index (χ2v) is 4.34. The van der Waals surface area contributed by atoms with Crippen LogP contribution in [-0.2, 0) is 9.53 Å². The Morgan fingerprint density at radius 3 is 2.94 bits per heavy atom. The van der Waals surface area contributed by atoms with Crippen molar-refractivity contribution in [3.05, 3.63) is 0 Å². The van der Waals surface area contributed by atoms with Crippen LogP contribution in [0.15, 0.2) is 0 Å². The Bertz CT molecular complexity index is 266. The summed E-state index contributed by atoms with van der Waals surface area (Å²) in [6, 6.07) is 0. The van der Waals surface area contributed by atoms with Crippen molar-refractivity contribution in [3.63, 3.8) is 0 Å². The summed E-state index contributed by atoms with van der Waals surface area (Å²) >= 11 is 0. The van der Waals surface area contributed by atoms with Gasteiger partial charge in [0.15, 0.2) is 0 Å². The molecular weight excluding hydrogens is 218 g/mol. The highest BCUT2D eigenvalue weighted by Crippen LogP contribution is 2.31. The number of halogens is 2. The van der Waals surface area contributed by atoms with Crippen LogP contribution in [0.1, 0.15) is 12.8 Å². The van der Waals surface area contributed by atoms with Gasteiger partial charge in [0, 0.05) is 19.6 Å². The zero-order valence-corrected chi connectivity index (χ0v) is 9.05. The van der Waals surface area contributed by atoms with E-state index in [0.717, 1.165) is 32.6 Å². The number of hydrogen-bond donors (Lipinski definition) is 1. The fourth-order valence-electron chi connectivity index (χ4n) is 2.12. The average Bonchev–Trinajstić information content (AvgIpc) is 2.44. The van der Waals surface area contributed by atoms with Crippen molar-refractivity contribution in [2.45, 2.75) is 24.9 Å². The molecule has 0 aliphatic carbocycles. The SMILES string of the molecule is O=C1OC(CN2CCCNCC2)CC1(F)F. The van der Waals surface area contributed by atoms with Gasteiger partial charge < -0.3 is 10.1 Å². The largest absolute Gasteiger partial charge is 0.456 e. The number of cyclic esters (lactones) is 1. The summed E-state index contributed by atoms with van der Waals surface area (Å²) in [6.07, 6.45) is -0.132. The van der Waals surface area contributed by atoms with Crippen LogP contribution in [0, 0.1) is 0 Å². The van der Waals surface area contributed by atoms with Gasteiger partial charge in [0.25, 0.3) is 0 Å². The third-order valence-corrected chi connectivity index (χ3v) is 2.95. The summed E-state index contributed by atoms with van der Waals surface area (Å²) in [6.45, 7) is 3.92. The van der Waals surface area contributed by atoms with E-state index in [9.17, 15) is 13.6 Å². The molecule has 2 rings (SSSR count). The van der Waals surface area contributed by atoms with E-state index in [-0.39, 0.29) is 0 Å². The first kappa shape index (κ1) is 11.7. The van der Waals surface area contributed by atoms with Crippen LogP contribution < -0.4 is 5.32 Å². The van der Waals surface area contributed by atoms with Gasteiger partial charge in [-0.3, -0.25) is 4.90 Å². The van der Waals surface area contributed by atoms with E-state index in [4.69, 9.17) is 0 Å². The zero-order chi connectivity index (χ0) is 11.6. The fraction of sp³-hybridized carbons (Fsp3) is 0.900. The molecule has 0 saturated carbocycles. The minimum absolute atomic E-state index is 0.420. The molecule has 0 aromatic heterocycles. The number of carbonyl (C=O) groups is 1. The van der Waals surface area contributed by atoms with Crippen LogP contribution in [-0.4, -0.2) is 55.6 Å². The first-order valence-corrected chi connectivity index (χ1v) is 5.60. The topological polar surface area (TPSA) is 41.6 Å². The minimum Gasteiger partial charge on any atom is -0.456 e. The van der Waals surface area contributed by atoms with Gasteiger partial charge in [-0.1, -0.05) is 0 Å². The zero-order valence-electron chi connectivity index (χ0n) is 9.05. The number of carbonyl (C=O) groups excluding carboxylic acids is 1. The van der Waals surface area contributed by atoms with Crippen LogP contribution >= 0.6 is 0 Å². The fourth-order valence-corrected chi connectivity index (χ4v) is 2.12. The highest BCUT2D eigenvalue weighted by molar-refractivity contribution is 5.79. The van der Waals surface area contributed by atoms with E-state index in [2.05, 4.69) is 15.0 Å². The van der Waals surface area contributed by atoms with E-state index in [1.54, 1.807) is 0 Å². The monoisotopic (exact) mass is 234 g/mol. The number of nitrogens with zero attached hydrogens (tertiary/aromatic N) is 1. The van der Waals surface area contributed by atoms with E-state index in [1.165, 1.54) is 0 Å². The molecule has 1 unspecified atom stereocenters. The summed E-state index contributed by atoms with van der Waals surface area (Å²) in [5, 5.41) is 3.23. The van der Waals surface area contributed by atoms with Crippen molar-refractivity contribution in [2.24, 2.45) is 0 Å². The van der Waals surface area contributed by atoms with Gasteiger partial charge >= 0.3 is 11.9 Å². The quantitative estimate of drug-likeness (QED) is 0.695. The predicted octanol–water partition coefficient (Wildman–Crippen LogP) is 0.232. The van der Waals surface area contributed by atoms with Gasteiger partial charge in [-0.05, 0) is 19.5 Å². The molecule has 2 aliphatic heterocycles. The van der Waals surface area contributed by atoms with Gasteiger partial charge in [0.2, 0.25) is 0 Å². The maximum atomic E-state index is 12.9. The lowest BCUT2D eigenvalue weighted by Gasteiger charge is -2.22. The van der Waals surface area contributed by atoms with Crippen molar-refractivity contribution in [1.82, 2.24) is 10.2 Å². The number of rotatable bonds is 2. The van der Waals surface area contributed by atoms with Crippen LogP contribution in [0.4, 0.5) is 8.78 Å². The van der Waals surface area contributed by atoms with E-state index in [1.807, 2.05) is 0 Å². The average molecular weight is 234 g/mol. The third-order valence-electron chi connectivity index (χ3n) is 2.95. The number of esters is 1. The maximum Gasteiger partial charge on any atom is 0.377 e. The normalized spacial score (nSPS) is 31.1. The van der Waals surface area contributed by atoms with Crippen molar-refractivity contribution < 1.29 is 18.3 Å². The minimum atomic E-state index is -3.28. The lowest BCUT2D eigenvalue weighted by molar-refractivity contribution is -0.159. The third kappa shape index (κ3) is 2.68. The van der Waals surface area contributed by atoms with E-state index < -0.39 is 24.4 Å². The first-order chi connectivity index (χ1) is 7.58.